The lowest BCUT2D eigenvalue weighted by Gasteiger charge is -2.44. The molecule has 0 aromatic heterocycles. The number of hydrogen-bond donors (Lipinski definition) is 0. The molecule has 1 nitrogen and oxygen atoms in total. The van der Waals surface area contributed by atoms with Crippen LogP contribution in [0.3, 0.4) is 0 Å². The summed E-state index contributed by atoms with van der Waals surface area (Å²) in [7, 11) is 0. The fourth-order valence-electron chi connectivity index (χ4n) is 2.35. The van der Waals surface area contributed by atoms with Gasteiger partial charge in [0.05, 0.1) is 0 Å². The van der Waals surface area contributed by atoms with E-state index in [9.17, 15) is 0 Å². The van der Waals surface area contributed by atoms with Crippen molar-refractivity contribution in [3.63, 3.8) is 0 Å². The van der Waals surface area contributed by atoms with Crippen molar-refractivity contribution in [2.24, 2.45) is 5.92 Å². The molecule has 0 bridgehead atoms. The Morgan fingerprint density at radius 2 is 1.73 bits per heavy atom. The van der Waals surface area contributed by atoms with Gasteiger partial charge in [0.1, 0.15) is 0 Å². The predicted octanol–water partition coefficient (Wildman–Crippen LogP) is 3.63. The van der Waals surface area contributed by atoms with E-state index in [0.29, 0.717) is 5.92 Å². The van der Waals surface area contributed by atoms with Crippen molar-refractivity contribution in [1.29, 1.82) is 0 Å². The normalized spacial score (nSPS) is 30.1. The van der Waals surface area contributed by atoms with E-state index in [1.165, 1.54) is 25.9 Å². The van der Waals surface area contributed by atoms with E-state index in [2.05, 4.69) is 56.9 Å². The van der Waals surface area contributed by atoms with Gasteiger partial charge in [-0.15, -0.1) is 0 Å². The third kappa shape index (κ3) is 2.72. The molecule has 0 saturated carbocycles. The van der Waals surface area contributed by atoms with Gasteiger partial charge in [0, 0.05) is 5.54 Å². The molecule has 0 N–H and O–H groups in total. The third-order valence-corrected chi connectivity index (χ3v) is 3.53. The van der Waals surface area contributed by atoms with Gasteiger partial charge in [0.2, 0.25) is 0 Å². The van der Waals surface area contributed by atoms with Crippen LogP contribution in [0.5, 0.6) is 0 Å². The van der Waals surface area contributed by atoms with Crippen molar-refractivity contribution in [2.45, 2.75) is 46.1 Å². The molecule has 0 aromatic rings. The Labute approximate surface area is 94.9 Å². The van der Waals surface area contributed by atoms with E-state index >= 15 is 0 Å². The molecule has 86 valence electrons. The Bertz CT molecular complexity index is 236. The van der Waals surface area contributed by atoms with E-state index in [1.807, 2.05) is 0 Å². The van der Waals surface area contributed by atoms with Crippen LogP contribution < -0.4 is 0 Å². The van der Waals surface area contributed by atoms with Crippen LogP contribution in [0.25, 0.3) is 0 Å². The maximum Gasteiger partial charge on any atom is 0.0426 e. The van der Waals surface area contributed by atoms with Gasteiger partial charge in [-0.2, -0.15) is 0 Å². The summed E-state index contributed by atoms with van der Waals surface area (Å²) in [4.78, 5) is 2.62. The van der Waals surface area contributed by atoms with E-state index in [-0.39, 0.29) is 5.54 Å². The molecule has 1 rings (SSSR count). The van der Waals surface area contributed by atoms with Crippen LogP contribution in [0.2, 0.25) is 0 Å². The quantitative estimate of drug-likeness (QED) is 0.665. The average Bonchev–Trinajstić information content (AvgIpc) is 2.22. The lowest BCUT2D eigenvalue weighted by atomic mass is 9.81. The van der Waals surface area contributed by atoms with Crippen molar-refractivity contribution in [2.75, 3.05) is 13.1 Å². The molecule has 0 fully saturated rings. The Kier molecular flexibility index (Phi) is 4.59. The zero-order chi connectivity index (χ0) is 11.3. The summed E-state index contributed by atoms with van der Waals surface area (Å²) in [6.07, 6.45) is 11.5. The van der Waals surface area contributed by atoms with Gasteiger partial charge in [-0.25, -0.2) is 0 Å². The smallest absolute Gasteiger partial charge is 0.0426 e. The number of hydrogen-bond acceptors (Lipinski definition) is 1. The van der Waals surface area contributed by atoms with Gasteiger partial charge in [0.15, 0.2) is 0 Å². The summed E-state index contributed by atoms with van der Waals surface area (Å²) in [5, 5.41) is 0. The fraction of sp³-hybridized carbons (Fsp3) is 0.714. The SMILES string of the molecule is CCCN(CCC)C1(C)C=CC=CC1C. The van der Waals surface area contributed by atoms with Crippen LogP contribution in [0, 0.1) is 5.92 Å². The topological polar surface area (TPSA) is 3.24 Å². The van der Waals surface area contributed by atoms with Gasteiger partial charge in [0.25, 0.3) is 0 Å². The van der Waals surface area contributed by atoms with Gasteiger partial charge in [-0.1, -0.05) is 45.1 Å². The second-order valence-electron chi connectivity index (χ2n) is 4.75. The molecule has 2 atom stereocenters. The maximum absolute atomic E-state index is 2.62. The van der Waals surface area contributed by atoms with E-state index in [1.54, 1.807) is 0 Å². The van der Waals surface area contributed by atoms with Crippen molar-refractivity contribution >= 4 is 0 Å². The average molecular weight is 207 g/mol. The molecular weight excluding hydrogens is 182 g/mol. The summed E-state index contributed by atoms with van der Waals surface area (Å²) in [6.45, 7) is 11.6. The molecule has 1 heteroatoms. The first-order valence-electron chi connectivity index (χ1n) is 6.26. The highest BCUT2D eigenvalue weighted by Gasteiger charge is 2.33. The number of rotatable bonds is 5. The second-order valence-corrected chi connectivity index (χ2v) is 4.75. The molecule has 2 unspecified atom stereocenters. The maximum atomic E-state index is 2.62. The van der Waals surface area contributed by atoms with Crippen molar-refractivity contribution in [3.05, 3.63) is 24.3 Å². The largest absolute Gasteiger partial charge is 0.294 e. The molecule has 1 aliphatic carbocycles. The Hall–Kier alpha value is -0.560. The van der Waals surface area contributed by atoms with Crippen LogP contribution in [0.15, 0.2) is 24.3 Å². The molecule has 0 amide bonds. The highest BCUT2D eigenvalue weighted by Crippen LogP contribution is 2.30. The van der Waals surface area contributed by atoms with E-state index < -0.39 is 0 Å². The summed E-state index contributed by atoms with van der Waals surface area (Å²) < 4.78 is 0. The van der Waals surface area contributed by atoms with Gasteiger partial charge in [-0.3, -0.25) is 4.90 Å². The Balaban J connectivity index is 2.79. The molecule has 0 spiro atoms. The summed E-state index contributed by atoms with van der Waals surface area (Å²) in [5.74, 6) is 0.612. The summed E-state index contributed by atoms with van der Waals surface area (Å²) >= 11 is 0. The lowest BCUT2D eigenvalue weighted by Crippen LogP contribution is -2.50. The Morgan fingerprint density at radius 3 is 2.20 bits per heavy atom. The zero-order valence-electron chi connectivity index (χ0n) is 10.7. The molecule has 0 saturated heterocycles. The van der Waals surface area contributed by atoms with Gasteiger partial charge < -0.3 is 0 Å². The van der Waals surface area contributed by atoms with Crippen molar-refractivity contribution in [3.8, 4) is 0 Å². The molecule has 15 heavy (non-hydrogen) atoms. The first-order chi connectivity index (χ1) is 7.15. The summed E-state index contributed by atoms with van der Waals surface area (Å²) in [5.41, 5.74) is 0.223. The van der Waals surface area contributed by atoms with Crippen LogP contribution in [0.4, 0.5) is 0 Å². The first kappa shape index (κ1) is 12.5. The molecular formula is C14H25N. The minimum Gasteiger partial charge on any atom is -0.294 e. The third-order valence-electron chi connectivity index (χ3n) is 3.53. The predicted molar refractivity (Wildman–Crippen MR) is 68.0 cm³/mol. The second kappa shape index (κ2) is 5.50. The molecule has 0 aliphatic heterocycles. The molecule has 0 heterocycles. The van der Waals surface area contributed by atoms with Crippen LogP contribution in [0.1, 0.15) is 40.5 Å². The number of nitrogens with zero attached hydrogens (tertiary/aromatic N) is 1. The highest BCUT2D eigenvalue weighted by molar-refractivity contribution is 5.22. The first-order valence-corrected chi connectivity index (χ1v) is 6.26. The molecule has 0 radical (unpaired) electrons. The monoisotopic (exact) mass is 207 g/mol. The molecule has 1 aliphatic rings. The standard InChI is InChI=1S/C14H25N/c1-5-11-15(12-6-2)14(4)10-8-7-9-13(14)3/h7-10,13H,5-6,11-12H2,1-4H3. The van der Waals surface area contributed by atoms with E-state index in [0.717, 1.165) is 0 Å². The lowest BCUT2D eigenvalue weighted by molar-refractivity contribution is 0.112. The zero-order valence-corrected chi connectivity index (χ0v) is 10.7. The van der Waals surface area contributed by atoms with Gasteiger partial charge >= 0.3 is 0 Å². The van der Waals surface area contributed by atoms with E-state index in [4.69, 9.17) is 0 Å². The van der Waals surface area contributed by atoms with Crippen molar-refractivity contribution < 1.29 is 0 Å². The summed E-state index contributed by atoms with van der Waals surface area (Å²) in [6, 6.07) is 0. The minimum absolute atomic E-state index is 0.223. The minimum atomic E-state index is 0.223. The van der Waals surface area contributed by atoms with Gasteiger partial charge in [-0.05, 0) is 38.8 Å². The fourth-order valence-corrected chi connectivity index (χ4v) is 2.35. The number of allylic oxidation sites excluding steroid dienone is 2. The van der Waals surface area contributed by atoms with Crippen LogP contribution >= 0.6 is 0 Å². The highest BCUT2D eigenvalue weighted by atomic mass is 15.2. The van der Waals surface area contributed by atoms with Crippen LogP contribution in [-0.4, -0.2) is 23.5 Å². The molecule has 0 aromatic carbocycles. The van der Waals surface area contributed by atoms with Crippen molar-refractivity contribution in [1.82, 2.24) is 4.90 Å². The Morgan fingerprint density at radius 1 is 1.13 bits per heavy atom. The van der Waals surface area contributed by atoms with Crippen LogP contribution in [-0.2, 0) is 0 Å².